The highest BCUT2D eigenvalue weighted by molar-refractivity contribution is 6.31. The summed E-state index contributed by atoms with van der Waals surface area (Å²) in [6.45, 7) is 6.81. The van der Waals surface area contributed by atoms with Gasteiger partial charge in [-0.1, -0.05) is 29.8 Å². The van der Waals surface area contributed by atoms with Crippen LogP contribution in [0, 0.1) is 0 Å². The Bertz CT molecular complexity index is 875. The Morgan fingerprint density at radius 2 is 1.73 bits per heavy atom. The third-order valence-corrected chi connectivity index (χ3v) is 3.98. The van der Waals surface area contributed by atoms with Crippen LogP contribution in [0.3, 0.4) is 0 Å². The van der Waals surface area contributed by atoms with Crippen molar-refractivity contribution in [1.29, 1.82) is 0 Å². The molecule has 6 heteroatoms. The minimum Gasteiger partial charge on any atom is -0.366 e. The number of nitrogens with one attached hydrogen (secondary N) is 2. The van der Waals surface area contributed by atoms with Crippen molar-refractivity contribution in [3.63, 3.8) is 0 Å². The van der Waals surface area contributed by atoms with Gasteiger partial charge in [0.15, 0.2) is 0 Å². The van der Waals surface area contributed by atoms with Crippen LogP contribution in [0.4, 0.5) is 11.8 Å². The molecule has 2 aromatic heterocycles. The molecule has 5 nitrogen and oxygen atoms in total. The lowest BCUT2D eigenvalue weighted by molar-refractivity contribution is 0.626. The normalized spacial score (nSPS) is 11.2. The van der Waals surface area contributed by atoms with Crippen molar-refractivity contribution < 1.29 is 0 Å². The fourth-order valence-corrected chi connectivity index (χ4v) is 2.63. The molecule has 0 radical (unpaired) electrons. The van der Waals surface area contributed by atoms with Gasteiger partial charge in [0.05, 0.1) is 5.69 Å². The number of pyridine rings is 1. The highest BCUT2D eigenvalue weighted by Gasteiger charge is 2.14. The molecule has 0 spiro atoms. The fourth-order valence-electron chi connectivity index (χ4n) is 2.43. The molecule has 3 rings (SSSR count). The summed E-state index contributed by atoms with van der Waals surface area (Å²) in [5.41, 5.74) is 2.69. The van der Waals surface area contributed by atoms with E-state index in [2.05, 4.69) is 46.4 Å². The van der Waals surface area contributed by atoms with Crippen molar-refractivity contribution in [3.05, 3.63) is 65.4 Å². The largest absolute Gasteiger partial charge is 0.366 e. The molecule has 0 saturated carbocycles. The van der Waals surface area contributed by atoms with Crippen molar-refractivity contribution in [3.8, 4) is 11.3 Å². The lowest BCUT2D eigenvalue weighted by atomic mass is 10.1. The first kappa shape index (κ1) is 18.1. The first-order valence-electron chi connectivity index (χ1n) is 8.46. The Hall–Kier alpha value is -2.66. The number of benzene rings is 1. The van der Waals surface area contributed by atoms with Crippen molar-refractivity contribution in [1.82, 2.24) is 15.0 Å². The van der Waals surface area contributed by atoms with Crippen LogP contribution in [0.15, 0.2) is 54.9 Å². The van der Waals surface area contributed by atoms with E-state index in [-0.39, 0.29) is 5.54 Å². The minimum absolute atomic E-state index is 0.142. The van der Waals surface area contributed by atoms with E-state index in [0.717, 1.165) is 27.7 Å². The van der Waals surface area contributed by atoms with E-state index in [1.807, 2.05) is 42.5 Å². The van der Waals surface area contributed by atoms with Crippen LogP contribution in [0.5, 0.6) is 0 Å². The molecule has 134 valence electrons. The van der Waals surface area contributed by atoms with Gasteiger partial charge in [-0.3, -0.25) is 4.98 Å². The van der Waals surface area contributed by atoms with E-state index < -0.39 is 0 Å². The average molecular weight is 368 g/mol. The number of halogens is 1. The standard InChI is InChI=1S/C20H22ClN5/c1-20(2,3)26-19-24-17(14-8-10-22-11-9-14)12-18(25-19)23-13-15-6-4-5-7-16(15)21/h4-12H,13H2,1-3H3,(H2,23,24,25,26). The van der Waals surface area contributed by atoms with Crippen LogP contribution in [0.1, 0.15) is 26.3 Å². The summed E-state index contributed by atoms with van der Waals surface area (Å²) < 4.78 is 0. The Kier molecular flexibility index (Phi) is 5.38. The number of anilines is 2. The molecule has 0 saturated heterocycles. The van der Waals surface area contributed by atoms with E-state index in [1.165, 1.54) is 0 Å². The molecule has 0 aliphatic carbocycles. The third-order valence-electron chi connectivity index (χ3n) is 3.61. The molecule has 2 N–H and O–H groups in total. The molecule has 0 atom stereocenters. The van der Waals surface area contributed by atoms with Crippen LogP contribution in [-0.4, -0.2) is 20.5 Å². The highest BCUT2D eigenvalue weighted by atomic mass is 35.5. The summed E-state index contributed by atoms with van der Waals surface area (Å²) in [6.07, 6.45) is 3.51. The Balaban J connectivity index is 1.90. The first-order valence-corrected chi connectivity index (χ1v) is 8.83. The number of rotatable bonds is 5. The van der Waals surface area contributed by atoms with Crippen molar-refractivity contribution in [2.45, 2.75) is 32.9 Å². The van der Waals surface area contributed by atoms with Gasteiger partial charge in [0.1, 0.15) is 5.82 Å². The van der Waals surface area contributed by atoms with Crippen LogP contribution < -0.4 is 10.6 Å². The number of hydrogen-bond donors (Lipinski definition) is 2. The number of nitrogens with zero attached hydrogens (tertiary/aromatic N) is 3. The number of aromatic nitrogens is 3. The fraction of sp³-hybridized carbons (Fsp3) is 0.250. The van der Waals surface area contributed by atoms with E-state index in [1.54, 1.807) is 12.4 Å². The second-order valence-electron chi connectivity index (χ2n) is 7.02. The highest BCUT2D eigenvalue weighted by Crippen LogP contribution is 2.23. The lowest BCUT2D eigenvalue weighted by Crippen LogP contribution is -2.27. The van der Waals surface area contributed by atoms with E-state index >= 15 is 0 Å². The quantitative estimate of drug-likeness (QED) is 0.663. The Labute approximate surface area is 158 Å². The summed E-state index contributed by atoms with van der Waals surface area (Å²) in [6, 6.07) is 13.6. The molecule has 26 heavy (non-hydrogen) atoms. The molecule has 0 fully saturated rings. The second kappa shape index (κ2) is 7.70. The van der Waals surface area contributed by atoms with Crippen LogP contribution in [0.25, 0.3) is 11.3 Å². The zero-order chi connectivity index (χ0) is 18.6. The SMILES string of the molecule is CC(C)(C)Nc1nc(NCc2ccccc2Cl)cc(-c2ccncc2)n1. The first-order chi connectivity index (χ1) is 12.4. The van der Waals surface area contributed by atoms with E-state index in [9.17, 15) is 0 Å². The molecular weight excluding hydrogens is 346 g/mol. The maximum atomic E-state index is 6.24. The van der Waals surface area contributed by atoms with E-state index in [0.29, 0.717) is 12.5 Å². The van der Waals surface area contributed by atoms with Gasteiger partial charge >= 0.3 is 0 Å². The molecule has 0 amide bonds. The van der Waals surface area contributed by atoms with Gasteiger partial charge < -0.3 is 10.6 Å². The summed E-state index contributed by atoms with van der Waals surface area (Å²) >= 11 is 6.24. The zero-order valence-corrected chi connectivity index (χ0v) is 15.9. The predicted molar refractivity (Wildman–Crippen MR) is 107 cm³/mol. The summed E-state index contributed by atoms with van der Waals surface area (Å²) in [7, 11) is 0. The third kappa shape index (κ3) is 4.92. The average Bonchev–Trinajstić information content (AvgIpc) is 2.60. The maximum Gasteiger partial charge on any atom is 0.225 e. The van der Waals surface area contributed by atoms with Crippen molar-refractivity contribution in [2.75, 3.05) is 10.6 Å². The number of hydrogen-bond acceptors (Lipinski definition) is 5. The maximum absolute atomic E-state index is 6.24. The summed E-state index contributed by atoms with van der Waals surface area (Å²) in [5, 5.41) is 7.42. The van der Waals surface area contributed by atoms with E-state index in [4.69, 9.17) is 11.6 Å². The second-order valence-corrected chi connectivity index (χ2v) is 7.43. The van der Waals surface area contributed by atoms with Gasteiger partial charge in [0.2, 0.25) is 5.95 Å². The molecule has 0 bridgehead atoms. The summed E-state index contributed by atoms with van der Waals surface area (Å²) in [5.74, 6) is 1.31. The van der Waals surface area contributed by atoms with Crippen LogP contribution >= 0.6 is 11.6 Å². The smallest absolute Gasteiger partial charge is 0.225 e. The molecule has 3 aromatic rings. The van der Waals surface area contributed by atoms with Gasteiger partial charge in [-0.15, -0.1) is 0 Å². The molecule has 0 aliphatic heterocycles. The lowest BCUT2D eigenvalue weighted by Gasteiger charge is -2.21. The van der Waals surface area contributed by atoms with Crippen molar-refractivity contribution in [2.24, 2.45) is 0 Å². The van der Waals surface area contributed by atoms with Crippen LogP contribution in [0.2, 0.25) is 5.02 Å². The monoisotopic (exact) mass is 367 g/mol. The molecule has 0 unspecified atom stereocenters. The topological polar surface area (TPSA) is 62.7 Å². The van der Waals surface area contributed by atoms with Gasteiger partial charge in [-0.2, -0.15) is 4.98 Å². The Morgan fingerprint density at radius 3 is 2.42 bits per heavy atom. The van der Waals surface area contributed by atoms with Gasteiger partial charge in [0, 0.05) is 41.1 Å². The minimum atomic E-state index is -0.142. The molecule has 0 aliphatic rings. The van der Waals surface area contributed by atoms with Crippen LogP contribution in [-0.2, 0) is 6.54 Å². The predicted octanol–water partition coefficient (Wildman–Crippen LogP) is 5.01. The molecule has 1 aromatic carbocycles. The van der Waals surface area contributed by atoms with Gasteiger partial charge in [0.25, 0.3) is 0 Å². The Morgan fingerprint density at radius 1 is 1.00 bits per heavy atom. The van der Waals surface area contributed by atoms with Gasteiger partial charge in [-0.05, 0) is 44.5 Å². The molecular formula is C20H22ClN5. The zero-order valence-electron chi connectivity index (χ0n) is 15.1. The van der Waals surface area contributed by atoms with Gasteiger partial charge in [-0.25, -0.2) is 4.98 Å². The molecule has 2 heterocycles. The summed E-state index contributed by atoms with van der Waals surface area (Å²) in [4.78, 5) is 13.3. The van der Waals surface area contributed by atoms with Crippen molar-refractivity contribution >= 4 is 23.4 Å².